The van der Waals surface area contributed by atoms with Crippen molar-refractivity contribution >= 4 is 26.8 Å². The zero-order chi connectivity index (χ0) is 21.3. The molecule has 1 fully saturated rings. The third kappa shape index (κ3) is 3.87. The molecular weight excluding hydrogens is 402 g/mol. The number of carbonyl (C=O) groups is 1. The number of aryl methyl sites for hydroxylation is 2. The fourth-order valence-corrected chi connectivity index (χ4v) is 5.48. The molecule has 2 heterocycles. The summed E-state index contributed by atoms with van der Waals surface area (Å²) in [5.41, 5.74) is 2.16. The van der Waals surface area contributed by atoms with E-state index in [9.17, 15) is 13.2 Å². The SMILES string of the molecule is COc1ccc2oc(C)c(C(=O)CCc3ccc(S(=O)(=O)N4CCCC4)cc3)c2c1. The normalized spacial score (nSPS) is 15.0. The van der Waals surface area contributed by atoms with E-state index in [0.717, 1.165) is 23.8 Å². The average molecular weight is 428 g/mol. The van der Waals surface area contributed by atoms with Crippen molar-refractivity contribution in [1.82, 2.24) is 4.31 Å². The van der Waals surface area contributed by atoms with E-state index in [0.29, 0.717) is 53.5 Å². The third-order valence-corrected chi connectivity index (χ3v) is 7.53. The van der Waals surface area contributed by atoms with Gasteiger partial charge in [0.1, 0.15) is 17.1 Å². The zero-order valence-corrected chi connectivity index (χ0v) is 18.0. The second-order valence-electron chi connectivity index (χ2n) is 7.57. The zero-order valence-electron chi connectivity index (χ0n) is 17.2. The van der Waals surface area contributed by atoms with E-state index in [1.54, 1.807) is 50.4 Å². The van der Waals surface area contributed by atoms with E-state index in [4.69, 9.17) is 9.15 Å². The highest BCUT2D eigenvalue weighted by molar-refractivity contribution is 7.89. The van der Waals surface area contributed by atoms with Crippen LogP contribution >= 0.6 is 0 Å². The molecule has 1 aliphatic heterocycles. The highest BCUT2D eigenvalue weighted by Crippen LogP contribution is 2.30. The summed E-state index contributed by atoms with van der Waals surface area (Å²) in [7, 11) is -1.83. The standard InChI is InChI=1S/C23H25NO5S/c1-16-23(20-15-18(28-2)8-12-22(20)29-16)21(25)11-7-17-5-9-19(10-6-17)30(26,27)24-13-3-4-14-24/h5-6,8-10,12,15H,3-4,7,11,13-14H2,1-2H3. The van der Waals surface area contributed by atoms with Gasteiger partial charge in [0.25, 0.3) is 0 Å². The first-order valence-electron chi connectivity index (χ1n) is 10.1. The number of carbonyl (C=O) groups excluding carboxylic acids is 1. The van der Waals surface area contributed by atoms with Gasteiger partial charge in [-0.1, -0.05) is 12.1 Å². The lowest BCUT2D eigenvalue weighted by atomic mass is 10.0. The van der Waals surface area contributed by atoms with Gasteiger partial charge in [-0.2, -0.15) is 4.31 Å². The molecular formula is C23H25NO5S. The van der Waals surface area contributed by atoms with Crippen LogP contribution in [0.15, 0.2) is 51.8 Å². The Labute approximate surface area is 176 Å². The molecule has 0 atom stereocenters. The molecule has 0 unspecified atom stereocenters. The van der Waals surface area contributed by atoms with Crippen LogP contribution < -0.4 is 4.74 Å². The van der Waals surface area contributed by atoms with Crippen molar-refractivity contribution in [1.29, 1.82) is 0 Å². The minimum Gasteiger partial charge on any atom is -0.497 e. The maximum atomic E-state index is 12.9. The Balaban J connectivity index is 1.48. The number of furan rings is 1. The van der Waals surface area contributed by atoms with Gasteiger partial charge in [-0.15, -0.1) is 0 Å². The van der Waals surface area contributed by atoms with Crippen LogP contribution in [0.25, 0.3) is 11.0 Å². The Kier molecular flexibility index (Phi) is 5.66. The lowest BCUT2D eigenvalue weighted by Gasteiger charge is -2.15. The quantitative estimate of drug-likeness (QED) is 0.524. The van der Waals surface area contributed by atoms with Crippen LogP contribution in [0.1, 0.15) is 40.9 Å². The molecule has 0 spiro atoms. The smallest absolute Gasteiger partial charge is 0.243 e. The molecule has 0 N–H and O–H groups in total. The fraction of sp³-hybridized carbons (Fsp3) is 0.348. The number of Topliss-reactive ketones (excluding diaryl/α,β-unsaturated/α-hetero) is 1. The van der Waals surface area contributed by atoms with Gasteiger partial charge in [-0.05, 0) is 62.1 Å². The molecule has 4 rings (SSSR count). The van der Waals surface area contributed by atoms with Gasteiger partial charge in [0.2, 0.25) is 10.0 Å². The molecule has 7 heteroatoms. The summed E-state index contributed by atoms with van der Waals surface area (Å²) in [5.74, 6) is 1.26. The number of ketones is 1. The van der Waals surface area contributed by atoms with Gasteiger partial charge >= 0.3 is 0 Å². The Hall–Kier alpha value is -2.64. The Morgan fingerprint density at radius 1 is 1.10 bits per heavy atom. The highest BCUT2D eigenvalue weighted by Gasteiger charge is 2.27. The molecule has 0 aliphatic carbocycles. The van der Waals surface area contributed by atoms with Crippen LogP contribution in [-0.4, -0.2) is 38.7 Å². The van der Waals surface area contributed by atoms with Crippen LogP contribution in [0.5, 0.6) is 5.75 Å². The number of ether oxygens (including phenoxy) is 1. The summed E-state index contributed by atoms with van der Waals surface area (Å²) < 4.78 is 37.8. The average Bonchev–Trinajstić information content (AvgIpc) is 3.39. The monoisotopic (exact) mass is 427 g/mol. The van der Waals surface area contributed by atoms with Gasteiger partial charge < -0.3 is 9.15 Å². The van der Waals surface area contributed by atoms with E-state index in [2.05, 4.69) is 0 Å². The van der Waals surface area contributed by atoms with Crippen molar-refractivity contribution < 1.29 is 22.4 Å². The lowest BCUT2D eigenvalue weighted by Crippen LogP contribution is -2.27. The van der Waals surface area contributed by atoms with Crippen molar-refractivity contribution in [2.75, 3.05) is 20.2 Å². The summed E-state index contributed by atoms with van der Waals surface area (Å²) in [5, 5.41) is 0.754. The van der Waals surface area contributed by atoms with E-state index < -0.39 is 10.0 Å². The minimum atomic E-state index is -3.42. The van der Waals surface area contributed by atoms with Gasteiger partial charge in [-0.25, -0.2) is 8.42 Å². The van der Waals surface area contributed by atoms with Crippen molar-refractivity contribution in [3.63, 3.8) is 0 Å². The van der Waals surface area contributed by atoms with Crippen LogP contribution in [0.3, 0.4) is 0 Å². The first-order valence-corrected chi connectivity index (χ1v) is 11.5. The second kappa shape index (κ2) is 8.24. The summed E-state index contributed by atoms with van der Waals surface area (Å²) in [6.45, 7) is 2.96. The lowest BCUT2D eigenvalue weighted by molar-refractivity contribution is 0.0982. The molecule has 0 radical (unpaired) electrons. The summed E-state index contributed by atoms with van der Waals surface area (Å²) in [6.07, 6.45) is 2.66. The van der Waals surface area contributed by atoms with E-state index in [1.165, 1.54) is 4.31 Å². The molecule has 6 nitrogen and oxygen atoms in total. The predicted molar refractivity (Wildman–Crippen MR) is 115 cm³/mol. The Morgan fingerprint density at radius 3 is 2.47 bits per heavy atom. The van der Waals surface area contributed by atoms with Gasteiger partial charge in [0.05, 0.1) is 17.6 Å². The number of hydrogen-bond acceptors (Lipinski definition) is 5. The van der Waals surface area contributed by atoms with Crippen LogP contribution in [-0.2, 0) is 16.4 Å². The maximum Gasteiger partial charge on any atom is 0.243 e. The van der Waals surface area contributed by atoms with Gasteiger partial charge in [0, 0.05) is 24.9 Å². The molecule has 3 aromatic rings. The fourth-order valence-electron chi connectivity index (χ4n) is 3.96. The molecule has 2 aromatic carbocycles. The maximum absolute atomic E-state index is 12.9. The molecule has 1 aromatic heterocycles. The summed E-state index contributed by atoms with van der Waals surface area (Å²) in [4.78, 5) is 13.2. The Bertz CT molecular complexity index is 1170. The third-order valence-electron chi connectivity index (χ3n) is 5.62. The Morgan fingerprint density at radius 2 is 1.80 bits per heavy atom. The first kappa shape index (κ1) is 20.6. The number of hydrogen-bond donors (Lipinski definition) is 0. The number of fused-ring (bicyclic) bond motifs is 1. The number of nitrogens with zero attached hydrogens (tertiary/aromatic N) is 1. The van der Waals surface area contributed by atoms with Crippen molar-refractivity contribution in [2.45, 2.75) is 37.5 Å². The molecule has 0 saturated carbocycles. The summed E-state index contributed by atoms with van der Waals surface area (Å²) >= 11 is 0. The van der Waals surface area contributed by atoms with Gasteiger partial charge in [0.15, 0.2) is 5.78 Å². The van der Waals surface area contributed by atoms with Crippen molar-refractivity contribution in [3.8, 4) is 5.75 Å². The molecule has 30 heavy (non-hydrogen) atoms. The largest absolute Gasteiger partial charge is 0.497 e. The second-order valence-corrected chi connectivity index (χ2v) is 9.51. The topological polar surface area (TPSA) is 76.8 Å². The molecule has 0 amide bonds. The van der Waals surface area contributed by atoms with Crippen molar-refractivity contribution in [3.05, 3.63) is 59.4 Å². The first-order chi connectivity index (χ1) is 14.4. The van der Waals surface area contributed by atoms with E-state index in [1.807, 2.05) is 6.07 Å². The molecule has 1 aliphatic rings. The highest BCUT2D eigenvalue weighted by atomic mass is 32.2. The van der Waals surface area contributed by atoms with Crippen LogP contribution in [0.2, 0.25) is 0 Å². The van der Waals surface area contributed by atoms with Crippen molar-refractivity contribution in [2.24, 2.45) is 0 Å². The van der Waals surface area contributed by atoms with Crippen LogP contribution in [0, 0.1) is 6.92 Å². The summed E-state index contributed by atoms with van der Waals surface area (Å²) in [6, 6.07) is 12.3. The van der Waals surface area contributed by atoms with E-state index >= 15 is 0 Å². The predicted octanol–water partition coefficient (Wildman–Crippen LogP) is 4.35. The molecule has 0 bridgehead atoms. The van der Waals surface area contributed by atoms with Crippen LogP contribution in [0.4, 0.5) is 0 Å². The number of methoxy groups -OCH3 is 1. The number of sulfonamides is 1. The number of benzene rings is 2. The van der Waals surface area contributed by atoms with E-state index in [-0.39, 0.29) is 5.78 Å². The minimum absolute atomic E-state index is 0.00623. The molecule has 1 saturated heterocycles. The molecule has 158 valence electrons. The number of rotatable bonds is 7. The van der Waals surface area contributed by atoms with Gasteiger partial charge in [-0.3, -0.25) is 4.79 Å².